The highest BCUT2D eigenvalue weighted by molar-refractivity contribution is 5.87. The number of carbonyl (C=O) groups is 2. The predicted molar refractivity (Wildman–Crippen MR) is 77.3 cm³/mol. The lowest BCUT2D eigenvalue weighted by Gasteiger charge is -2.28. The fraction of sp³-hybridized carbons (Fsp3) is 0.857. The number of carbonyl (C=O) groups excluding carboxylic acids is 1. The highest BCUT2D eigenvalue weighted by atomic mass is 16.4. The van der Waals surface area contributed by atoms with Gasteiger partial charge in [-0.2, -0.15) is 0 Å². The largest absolute Gasteiger partial charge is 0.480 e. The standard InChI is InChI=1S/C14H27N3O3/c1-10(2)16-11(6-3-4-8-15)13(18)17-9-5-7-12(17)14(19)20/h10-12,16H,3-9,15H2,1-2H3,(H,19,20)/t11-,12-/m0/s1. The average Bonchev–Trinajstić information content (AvgIpc) is 2.85. The molecule has 1 aliphatic rings. The van der Waals surface area contributed by atoms with E-state index in [-0.39, 0.29) is 18.0 Å². The number of aliphatic carboxylic acids is 1. The van der Waals surface area contributed by atoms with Crippen molar-refractivity contribution < 1.29 is 14.7 Å². The Morgan fingerprint density at radius 2 is 2.10 bits per heavy atom. The van der Waals surface area contributed by atoms with Gasteiger partial charge in [-0.3, -0.25) is 4.79 Å². The molecule has 0 bridgehead atoms. The summed E-state index contributed by atoms with van der Waals surface area (Å²) in [5.41, 5.74) is 5.48. The van der Waals surface area contributed by atoms with Crippen LogP contribution in [0.15, 0.2) is 0 Å². The van der Waals surface area contributed by atoms with Crippen LogP contribution in [0.2, 0.25) is 0 Å². The minimum absolute atomic E-state index is 0.0828. The molecule has 0 saturated carbocycles. The van der Waals surface area contributed by atoms with E-state index in [1.54, 1.807) is 0 Å². The zero-order chi connectivity index (χ0) is 15.1. The van der Waals surface area contributed by atoms with E-state index in [0.29, 0.717) is 25.9 Å². The molecule has 116 valence electrons. The van der Waals surface area contributed by atoms with Crippen molar-refractivity contribution >= 4 is 11.9 Å². The van der Waals surface area contributed by atoms with Crippen LogP contribution >= 0.6 is 0 Å². The first-order valence-corrected chi connectivity index (χ1v) is 7.46. The van der Waals surface area contributed by atoms with Crippen LogP contribution in [0.25, 0.3) is 0 Å². The molecule has 0 aromatic rings. The molecule has 0 aromatic carbocycles. The highest BCUT2D eigenvalue weighted by Crippen LogP contribution is 2.19. The summed E-state index contributed by atoms with van der Waals surface area (Å²) in [6, 6.07) is -0.775. The lowest BCUT2D eigenvalue weighted by atomic mass is 10.1. The van der Waals surface area contributed by atoms with Crippen molar-refractivity contribution in [3.63, 3.8) is 0 Å². The van der Waals surface area contributed by atoms with Crippen molar-refractivity contribution in [1.29, 1.82) is 0 Å². The third-order valence-corrected chi connectivity index (χ3v) is 3.60. The fourth-order valence-electron chi connectivity index (χ4n) is 2.66. The van der Waals surface area contributed by atoms with Crippen LogP contribution in [0.3, 0.4) is 0 Å². The molecule has 1 amide bonds. The summed E-state index contributed by atoms with van der Waals surface area (Å²) in [6.45, 7) is 5.14. The van der Waals surface area contributed by atoms with Gasteiger partial charge in [-0.05, 0) is 32.2 Å². The van der Waals surface area contributed by atoms with Gasteiger partial charge in [0.1, 0.15) is 6.04 Å². The molecule has 20 heavy (non-hydrogen) atoms. The molecule has 6 heteroatoms. The topological polar surface area (TPSA) is 95.7 Å². The monoisotopic (exact) mass is 285 g/mol. The molecule has 0 spiro atoms. The van der Waals surface area contributed by atoms with Crippen LogP contribution in [0, 0.1) is 0 Å². The number of nitrogens with one attached hydrogen (secondary N) is 1. The molecule has 1 fully saturated rings. The Kier molecular flexibility index (Phi) is 6.95. The lowest BCUT2D eigenvalue weighted by molar-refractivity contribution is -0.149. The van der Waals surface area contributed by atoms with Crippen LogP contribution < -0.4 is 11.1 Å². The molecule has 0 unspecified atom stereocenters. The molecule has 0 aromatic heterocycles. The van der Waals surface area contributed by atoms with Gasteiger partial charge < -0.3 is 21.1 Å². The van der Waals surface area contributed by atoms with Crippen molar-refractivity contribution in [3.05, 3.63) is 0 Å². The van der Waals surface area contributed by atoms with Gasteiger partial charge in [0.15, 0.2) is 0 Å². The molecule has 1 heterocycles. The van der Waals surface area contributed by atoms with Crippen molar-refractivity contribution in [2.75, 3.05) is 13.1 Å². The molecule has 1 rings (SSSR count). The summed E-state index contributed by atoms with van der Waals surface area (Å²) in [5, 5.41) is 12.4. The summed E-state index contributed by atoms with van der Waals surface area (Å²) in [7, 11) is 0. The Morgan fingerprint density at radius 3 is 2.65 bits per heavy atom. The fourth-order valence-corrected chi connectivity index (χ4v) is 2.66. The van der Waals surface area contributed by atoms with Gasteiger partial charge in [0.2, 0.25) is 5.91 Å². The zero-order valence-electron chi connectivity index (χ0n) is 12.5. The maximum Gasteiger partial charge on any atom is 0.326 e. The summed E-state index contributed by atoms with van der Waals surface area (Å²) in [5.74, 6) is -0.985. The van der Waals surface area contributed by atoms with Gasteiger partial charge in [-0.25, -0.2) is 4.79 Å². The number of amides is 1. The first-order chi connectivity index (χ1) is 9.47. The minimum atomic E-state index is -0.902. The Balaban J connectivity index is 2.67. The van der Waals surface area contributed by atoms with Crippen molar-refractivity contribution in [3.8, 4) is 0 Å². The molecule has 4 N–H and O–H groups in total. The maximum absolute atomic E-state index is 12.6. The number of rotatable bonds is 8. The van der Waals surface area contributed by atoms with E-state index in [1.807, 2.05) is 13.8 Å². The number of unbranched alkanes of at least 4 members (excludes halogenated alkanes) is 1. The molecule has 0 radical (unpaired) electrons. The van der Waals surface area contributed by atoms with Gasteiger partial charge in [0.05, 0.1) is 6.04 Å². The summed E-state index contributed by atoms with van der Waals surface area (Å²) in [4.78, 5) is 25.3. The number of carboxylic acids is 1. The van der Waals surface area contributed by atoms with Crippen molar-refractivity contribution in [2.24, 2.45) is 5.73 Å². The number of nitrogens with two attached hydrogens (primary N) is 1. The number of carboxylic acid groups (broad SMARTS) is 1. The van der Waals surface area contributed by atoms with E-state index in [9.17, 15) is 14.7 Å². The molecule has 1 saturated heterocycles. The second-order valence-corrected chi connectivity index (χ2v) is 5.69. The Labute approximate surface area is 120 Å². The lowest BCUT2D eigenvalue weighted by Crippen LogP contribution is -2.51. The second-order valence-electron chi connectivity index (χ2n) is 5.69. The number of hydrogen-bond donors (Lipinski definition) is 3. The molecule has 1 aliphatic heterocycles. The summed E-state index contributed by atoms with van der Waals surface area (Å²) in [6.07, 6.45) is 3.78. The van der Waals surface area contributed by atoms with Crippen LogP contribution in [0.4, 0.5) is 0 Å². The highest BCUT2D eigenvalue weighted by Gasteiger charge is 2.36. The second kappa shape index (κ2) is 8.21. The first kappa shape index (κ1) is 16.9. The normalized spacial score (nSPS) is 20.4. The molecule has 2 atom stereocenters. The van der Waals surface area contributed by atoms with Gasteiger partial charge in [-0.1, -0.05) is 20.3 Å². The van der Waals surface area contributed by atoms with E-state index in [1.165, 1.54) is 4.90 Å². The third-order valence-electron chi connectivity index (χ3n) is 3.60. The van der Waals surface area contributed by atoms with Crippen LogP contribution in [0.5, 0.6) is 0 Å². The van der Waals surface area contributed by atoms with Gasteiger partial charge in [-0.15, -0.1) is 0 Å². The Hall–Kier alpha value is -1.14. The maximum atomic E-state index is 12.6. The SMILES string of the molecule is CC(C)N[C@@H](CCCCN)C(=O)N1CCC[C@H]1C(=O)O. The number of likely N-dealkylation sites (tertiary alicyclic amines) is 1. The zero-order valence-corrected chi connectivity index (χ0v) is 12.5. The molecular weight excluding hydrogens is 258 g/mol. The minimum Gasteiger partial charge on any atom is -0.480 e. The van der Waals surface area contributed by atoms with Crippen LogP contribution in [0.1, 0.15) is 46.0 Å². The first-order valence-electron chi connectivity index (χ1n) is 7.46. The predicted octanol–water partition coefficient (Wildman–Crippen LogP) is 0.558. The molecule has 0 aliphatic carbocycles. The van der Waals surface area contributed by atoms with E-state index in [4.69, 9.17) is 5.73 Å². The van der Waals surface area contributed by atoms with Gasteiger partial charge >= 0.3 is 5.97 Å². The van der Waals surface area contributed by atoms with E-state index in [2.05, 4.69) is 5.32 Å². The van der Waals surface area contributed by atoms with Gasteiger partial charge in [0.25, 0.3) is 0 Å². The molecule has 6 nitrogen and oxygen atoms in total. The number of hydrogen-bond acceptors (Lipinski definition) is 4. The van der Waals surface area contributed by atoms with E-state index in [0.717, 1.165) is 19.3 Å². The summed E-state index contributed by atoms with van der Waals surface area (Å²) < 4.78 is 0. The molecular formula is C14H27N3O3. The third kappa shape index (κ3) is 4.76. The Morgan fingerprint density at radius 1 is 1.40 bits per heavy atom. The van der Waals surface area contributed by atoms with E-state index < -0.39 is 12.0 Å². The quantitative estimate of drug-likeness (QED) is 0.566. The Bertz CT molecular complexity index is 334. The van der Waals surface area contributed by atoms with Crippen LogP contribution in [-0.4, -0.2) is 53.1 Å². The van der Waals surface area contributed by atoms with Crippen molar-refractivity contribution in [2.45, 2.75) is 64.1 Å². The summed E-state index contributed by atoms with van der Waals surface area (Å²) >= 11 is 0. The van der Waals surface area contributed by atoms with E-state index >= 15 is 0 Å². The number of nitrogens with zero attached hydrogens (tertiary/aromatic N) is 1. The average molecular weight is 285 g/mol. The van der Waals surface area contributed by atoms with Crippen molar-refractivity contribution in [1.82, 2.24) is 10.2 Å². The van der Waals surface area contributed by atoms with Crippen LogP contribution in [-0.2, 0) is 9.59 Å². The smallest absolute Gasteiger partial charge is 0.326 e. The van der Waals surface area contributed by atoms with Gasteiger partial charge in [0, 0.05) is 12.6 Å².